The summed E-state index contributed by atoms with van der Waals surface area (Å²) in [5.41, 5.74) is 1.02. The summed E-state index contributed by atoms with van der Waals surface area (Å²) in [5.74, 6) is 0.834. The van der Waals surface area contributed by atoms with E-state index in [0.29, 0.717) is 30.2 Å². The van der Waals surface area contributed by atoms with Gasteiger partial charge in [0.25, 0.3) is 5.91 Å². The molecule has 4 nitrogen and oxygen atoms in total. The molecule has 0 aliphatic rings. The molecule has 0 saturated carbocycles. The third-order valence-corrected chi connectivity index (χ3v) is 3.58. The zero-order chi connectivity index (χ0) is 18.2. The van der Waals surface area contributed by atoms with Crippen LogP contribution in [0.3, 0.4) is 0 Å². The van der Waals surface area contributed by atoms with Crippen LogP contribution in [0.25, 0.3) is 0 Å². The number of carbonyl (C=O) groups excluding carboxylic acids is 1. The summed E-state index contributed by atoms with van der Waals surface area (Å²) in [6, 6.07) is 21.9. The van der Waals surface area contributed by atoms with Crippen LogP contribution in [0.15, 0.2) is 78.9 Å². The summed E-state index contributed by atoms with van der Waals surface area (Å²) in [6.07, 6.45) is 0. The summed E-state index contributed by atoms with van der Waals surface area (Å²) in [7, 11) is 0. The van der Waals surface area contributed by atoms with Crippen LogP contribution in [0.5, 0.6) is 11.5 Å². The monoisotopic (exact) mass is 351 g/mol. The van der Waals surface area contributed by atoms with Crippen molar-refractivity contribution in [3.05, 3.63) is 90.2 Å². The van der Waals surface area contributed by atoms with E-state index in [1.54, 1.807) is 24.3 Å². The van der Waals surface area contributed by atoms with Crippen LogP contribution >= 0.6 is 0 Å². The molecular formula is C21H18FNO3. The van der Waals surface area contributed by atoms with E-state index in [2.05, 4.69) is 5.32 Å². The second-order valence-electron chi connectivity index (χ2n) is 5.50. The van der Waals surface area contributed by atoms with E-state index >= 15 is 0 Å². The van der Waals surface area contributed by atoms with Crippen molar-refractivity contribution in [2.24, 2.45) is 0 Å². The Hall–Kier alpha value is -3.34. The molecule has 3 rings (SSSR count). The van der Waals surface area contributed by atoms with Crippen molar-refractivity contribution in [2.75, 3.05) is 18.5 Å². The third kappa shape index (κ3) is 5.08. The van der Waals surface area contributed by atoms with Crippen LogP contribution < -0.4 is 14.8 Å². The molecule has 5 heteroatoms. The molecule has 132 valence electrons. The van der Waals surface area contributed by atoms with Crippen molar-refractivity contribution in [2.45, 2.75) is 0 Å². The first-order valence-electron chi connectivity index (χ1n) is 8.18. The highest BCUT2D eigenvalue weighted by molar-refractivity contribution is 6.04. The number of benzene rings is 3. The van der Waals surface area contributed by atoms with Crippen molar-refractivity contribution in [3.63, 3.8) is 0 Å². The highest BCUT2D eigenvalue weighted by Gasteiger charge is 2.06. The maximum atomic E-state index is 12.9. The lowest BCUT2D eigenvalue weighted by atomic mass is 10.2. The Balaban J connectivity index is 1.46. The van der Waals surface area contributed by atoms with Crippen molar-refractivity contribution in [1.82, 2.24) is 0 Å². The number of ether oxygens (including phenoxy) is 2. The quantitative estimate of drug-likeness (QED) is 0.636. The van der Waals surface area contributed by atoms with Gasteiger partial charge in [-0.1, -0.05) is 18.2 Å². The molecule has 0 spiro atoms. The van der Waals surface area contributed by atoms with E-state index in [4.69, 9.17) is 9.47 Å². The van der Waals surface area contributed by atoms with Gasteiger partial charge >= 0.3 is 0 Å². The van der Waals surface area contributed by atoms with Crippen LogP contribution in [0.4, 0.5) is 10.1 Å². The van der Waals surface area contributed by atoms with Gasteiger partial charge in [0.05, 0.1) is 0 Å². The van der Waals surface area contributed by atoms with Gasteiger partial charge in [-0.2, -0.15) is 0 Å². The molecule has 0 aromatic heterocycles. The molecule has 0 fully saturated rings. The summed E-state index contributed by atoms with van der Waals surface area (Å²) < 4.78 is 24.0. The fraction of sp³-hybridized carbons (Fsp3) is 0.0952. The lowest BCUT2D eigenvalue weighted by Gasteiger charge is -2.09. The predicted octanol–water partition coefficient (Wildman–Crippen LogP) is 4.54. The van der Waals surface area contributed by atoms with E-state index in [1.165, 1.54) is 24.3 Å². The molecule has 0 bridgehead atoms. The lowest BCUT2D eigenvalue weighted by molar-refractivity contribution is 0.102. The minimum Gasteiger partial charge on any atom is -0.490 e. The number of hydrogen-bond donors (Lipinski definition) is 1. The van der Waals surface area contributed by atoms with Gasteiger partial charge in [-0.25, -0.2) is 4.39 Å². The number of para-hydroxylation sites is 1. The minimum atomic E-state index is -0.347. The van der Waals surface area contributed by atoms with Gasteiger partial charge in [0.15, 0.2) is 0 Å². The first-order valence-corrected chi connectivity index (χ1v) is 8.18. The number of anilines is 1. The van der Waals surface area contributed by atoms with Crippen LogP contribution in [-0.2, 0) is 0 Å². The van der Waals surface area contributed by atoms with Crippen LogP contribution in [-0.4, -0.2) is 19.1 Å². The molecule has 0 radical (unpaired) electrons. The van der Waals surface area contributed by atoms with Gasteiger partial charge in [-0.05, 0) is 60.7 Å². The zero-order valence-electron chi connectivity index (χ0n) is 14.0. The number of carbonyl (C=O) groups is 1. The van der Waals surface area contributed by atoms with Crippen LogP contribution in [0, 0.1) is 5.82 Å². The maximum absolute atomic E-state index is 12.9. The average molecular weight is 351 g/mol. The SMILES string of the molecule is O=C(Nc1ccc(F)cc1)c1ccc(OCCOc2ccccc2)cc1. The first-order chi connectivity index (χ1) is 12.7. The smallest absolute Gasteiger partial charge is 0.255 e. The van der Waals surface area contributed by atoms with Gasteiger partial charge in [0.2, 0.25) is 0 Å². The normalized spacial score (nSPS) is 10.2. The fourth-order valence-electron chi connectivity index (χ4n) is 2.27. The fourth-order valence-corrected chi connectivity index (χ4v) is 2.27. The number of rotatable bonds is 7. The molecule has 0 atom stereocenters. The summed E-state index contributed by atoms with van der Waals surface area (Å²) in [4.78, 5) is 12.2. The van der Waals surface area contributed by atoms with Crippen LogP contribution in [0.2, 0.25) is 0 Å². The van der Waals surface area contributed by atoms with Gasteiger partial charge in [0.1, 0.15) is 30.5 Å². The number of nitrogens with one attached hydrogen (secondary N) is 1. The molecule has 1 amide bonds. The first kappa shape index (κ1) is 17.5. The van der Waals surface area contributed by atoms with Crippen molar-refractivity contribution in [3.8, 4) is 11.5 Å². The molecule has 1 N–H and O–H groups in total. The summed E-state index contributed by atoms with van der Waals surface area (Å²) in [5, 5.41) is 2.71. The van der Waals surface area contributed by atoms with Gasteiger partial charge in [-0.3, -0.25) is 4.79 Å². The van der Waals surface area contributed by atoms with Crippen LogP contribution in [0.1, 0.15) is 10.4 Å². The van der Waals surface area contributed by atoms with Crippen molar-refractivity contribution < 1.29 is 18.7 Å². The predicted molar refractivity (Wildman–Crippen MR) is 98.2 cm³/mol. The molecule has 26 heavy (non-hydrogen) atoms. The largest absolute Gasteiger partial charge is 0.490 e. The summed E-state index contributed by atoms with van der Waals surface area (Å²) in [6.45, 7) is 0.826. The minimum absolute atomic E-state index is 0.268. The van der Waals surface area contributed by atoms with E-state index < -0.39 is 0 Å². The Morgan fingerprint density at radius 1 is 0.769 bits per heavy atom. The molecule has 0 heterocycles. The Bertz CT molecular complexity index is 833. The highest BCUT2D eigenvalue weighted by atomic mass is 19.1. The molecule has 3 aromatic rings. The van der Waals surface area contributed by atoms with Gasteiger partial charge in [-0.15, -0.1) is 0 Å². The number of halogens is 1. The zero-order valence-corrected chi connectivity index (χ0v) is 14.0. The second-order valence-corrected chi connectivity index (χ2v) is 5.50. The number of amides is 1. The van der Waals surface area contributed by atoms with E-state index in [-0.39, 0.29) is 11.7 Å². The Morgan fingerprint density at radius 2 is 1.35 bits per heavy atom. The van der Waals surface area contributed by atoms with E-state index in [0.717, 1.165) is 5.75 Å². The van der Waals surface area contributed by atoms with Crippen molar-refractivity contribution in [1.29, 1.82) is 0 Å². The van der Waals surface area contributed by atoms with Crippen molar-refractivity contribution >= 4 is 11.6 Å². The second kappa shape index (κ2) is 8.67. The summed E-state index contributed by atoms with van der Waals surface area (Å²) >= 11 is 0. The van der Waals surface area contributed by atoms with Gasteiger partial charge < -0.3 is 14.8 Å². The Morgan fingerprint density at radius 3 is 1.96 bits per heavy atom. The van der Waals surface area contributed by atoms with Gasteiger partial charge in [0, 0.05) is 11.3 Å². The molecule has 0 unspecified atom stereocenters. The maximum Gasteiger partial charge on any atom is 0.255 e. The topological polar surface area (TPSA) is 47.6 Å². The Kier molecular flexibility index (Phi) is 5.83. The average Bonchev–Trinajstić information content (AvgIpc) is 2.68. The molecule has 3 aromatic carbocycles. The molecule has 0 aliphatic carbocycles. The molecule has 0 aliphatic heterocycles. The van der Waals surface area contributed by atoms with E-state index in [1.807, 2.05) is 30.3 Å². The molecule has 0 saturated heterocycles. The highest BCUT2D eigenvalue weighted by Crippen LogP contribution is 2.15. The lowest BCUT2D eigenvalue weighted by Crippen LogP contribution is -2.12. The van der Waals surface area contributed by atoms with E-state index in [9.17, 15) is 9.18 Å². The standard InChI is InChI=1S/C21H18FNO3/c22-17-8-10-18(11-9-17)23-21(24)16-6-12-20(13-7-16)26-15-14-25-19-4-2-1-3-5-19/h1-13H,14-15H2,(H,23,24). The molecular weight excluding hydrogens is 333 g/mol. The third-order valence-electron chi connectivity index (χ3n) is 3.58. The Labute approximate surface area is 151 Å². The number of hydrogen-bond acceptors (Lipinski definition) is 3.